The van der Waals surface area contributed by atoms with Crippen molar-refractivity contribution in [2.75, 3.05) is 31.9 Å². The molecular formula is C15H31N3O3S. The first-order chi connectivity index (χ1) is 10.4. The largest absolute Gasteiger partial charge is 0.354 e. The average Bonchev–Trinajstić information content (AvgIpc) is 2.51. The van der Waals surface area contributed by atoms with Gasteiger partial charge in [-0.2, -0.15) is 0 Å². The van der Waals surface area contributed by atoms with Crippen LogP contribution in [0.1, 0.15) is 46.5 Å². The lowest BCUT2D eigenvalue weighted by molar-refractivity contribution is -0.126. The Kier molecular flexibility index (Phi) is 8.35. The van der Waals surface area contributed by atoms with Gasteiger partial charge in [0, 0.05) is 31.6 Å². The zero-order chi connectivity index (χ0) is 16.6. The molecule has 0 aromatic heterocycles. The molecule has 0 aliphatic carbocycles. The zero-order valence-corrected chi connectivity index (χ0v) is 14.9. The van der Waals surface area contributed by atoms with Crippen LogP contribution >= 0.6 is 0 Å². The first-order valence-electron chi connectivity index (χ1n) is 8.39. The molecular weight excluding hydrogens is 302 g/mol. The number of nitrogens with zero attached hydrogens (tertiary/aromatic N) is 1. The van der Waals surface area contributed by atoms with Crippen LogP contribution in [0.2, 0.25) is 0 Å². The van der Waals surface area contributed by atoms with Crippen molar-refractivity contribution >= 4 is 15.9 Å². The molecule has 0 spiro atoms. The maximum Gasteiger partial charge on any atom is 0.223 e. The summed E-state index contributed by atoms with van der Waals surface area (Å²) in [6.07, 6.45) is 2.81. The Labute approximate surface area is 135 Å². The molecule has 0 unspecified atom stereocenters. The Morgan fingerprint density at radius 1 is 1.27 bits per heavy atom. The maximum absolute atomic E-state index is 12.1. The number of carbonyl (C=O) groups is 1. The Balaban J connectivity index is 2.37. The number of carbonyl (C=O) groups excluding carboxylic acids is 1. The highest BCUT2D eigenvalue weighted by Crippen LogP contribution is 2.20. The molecule has 0 saturated carbocycles. The lowest BCUT2D eigenvalue weighted by Gasteiger charge is -2.30. The number of hydrogen-bond acceptors (Lipinski definition) is 4. The Morgan fingerprint density at radius 2 is 1.91 bits per heavy atom. The summed E-state index contributed by atoms with van der Waals surface area (Å²) in [5.41, 5.74) is 0. The van der Waals surface area contributed by atoms with Gasteiger partial charge in [-0.05, 0) is 32.7 Å². The molecule has 0 aromatic rings. The Hall–Kier alpha value is -0.660. The van der Waals surface area contributed by atoms with Crippen LogP contribution in [0.5, 0.6) is 0 Å². The van der Waals surface area contributed by atoms with E-state index < -0.39 is 10.0 Å². The molecule has 1 saturated heterocycles. The summed E-state index contributed by atoms with van der Waals surface area (Å²) in [4.78, 5) is 12.1. The SMILES string of the molecule is CCCCS(=O)(=O)N1CCC(C(=O)NC[C@@H](C)NCC)CC1. The van der Waals surface area contributed by atoms with Gasteiger partial charge in [-0.15, -0.1) is 0 Å². The number of nitrogens with one attached hydrogen (secondary N) is 2. The number of piperidine rings is 1. The summed E-state index contributed by atoms with van der Waals surface area (Å²) in [6.45, 7) is 8.48. The molecule has 6 nitrogen and oxygen atoms in total. The molecule has 0 bridgehead atoms. The van der Waals surface area contributed by atoms with Crippen molar-refractivity contribution in [3.63, 3.8) is 0 Å². The van der Waals surface area contributed by atoms with E-state index in [1.54, 1.807) is 4.31 Å². The van der Waals surface area contributed by atoms with Crippen LogP contribution in [-0.2, 0) is 14.8 Å². The standard InChI is InChI=1S/C15H31N3O3S/c1-4-6-11-22(20,21)18-9-7-14(8-10-18)15(19)17-12-13(3)16-5-2/h13-14,16H,4-12H2,1-3H3,(H,17,19)/t13-/m1/s1. The number of rotatable bonds is 9. The van der Waals surface area contributed by atoms with Crippen molar-refractivity contribution in [1.29, 1.82) is 0 Å². The molecule has 1 fully saturated rings. The second kappa shape index (κ2) is 9.47. The fourth-order valence-corrected chi connectivity index (χ4v) is 4.35. The highest BCUT2D eigenvalue weighted by atomic mass is 32.2. The topological polar surface area (TPSA) is 78.5 Å². The minimum absolute atomic E-state index is 0.0513. The summed E-state index contributed by atoms with van der Waals surface area (Å²) >= 11 is 0. The Bertz CT molecular complexity index is 431. The van der Waals surface area contributed by atoms with Gasteiger partial charge in [0.05, 0.1) is 5.75 Å². The van der Waals surface area contributed by atoms with E-state index in [4.69, 9.17) is 0 Å². The van der Waals surface area contributed by atoms with E-state index in [0.29, 0.717) is 38.9 Å². The van der Waals surface area contributed by atoms with Crippen LogP contribution in [-0.4, -0.2) is 56.6 Å². The van der Waals surface area contributed by atoms with Crippen molar-refractivity contribution in [2.45, 2.75) is 52.5 Å². The molecule has 7 heteroatoms. The van der Waals surface area contributed by atoms with E-state index in [9.17, 15) is 13.2 Å². The van der Waals surface area contributed by atoms with Crippen molar-refractivity contribution in [3.05, 3.63) is 0 Å². The van der Waals surface area contributed by atoms with Gasteiger partial charge < -0.3 is 10.6 Å². The predicted octanol–water partition coefficient (Wildman–Crippen LogP) is 0.943. The average molecular weight is 333 g/mol. The van der Waals surface area contributed by atoms with Crippen molar-refractivity contribution < 1.29 is 13.2 Å². The highest BCUT2D eigenvalue weighted by Gasteiger charge is 2.30. The van der Waals surface area contributed by atoms with E-state index in [1.807, 2.05) is 20.8 Å². The number of amides is 1. The molecule has 1 aliphatic heterocycles. The monoisotopic (exact) mass is 333 g/mol. The fourth-order valence-electron chi connectivity index (χ4n) is 2.67. The first kappa shape index (κ1) is 19.4. The molecule has 0 aromatic carbocycles. The molecule has 22 heavy (non-hydrogen) atoms. The van der Waals surface area contributed by atoms with Gasteiger partial charge in [-0.3, -0.25) is 4.79 Å². The zero-order valence-electron chi connectivity index (χ0n) is 14.1. The third-order valence-corrected chi connectivity index (χ3v) is 6.07. The molecule has 1 aliphatic rings. The predicted molar refractivity (Wildman–Crippen MR) is 89.1 cm³/mol. The van der Waals surface area contributed by atoms with Crippen LogP contribution in [0.3, 0.4) is 0 Å². The molecule has 130 valence electrons. The summed E-state index contributed by atoms with van der Waals surface area (Å²) in [5.74, 6) is 0.211. The summed E-state index contributed by atoms with van der Waals surface area (Å²) in [5, 5.41) is 6.20. The van der Waals surface area contributed by atoms with E-state index in [2.05, 4.69) is 10.6 Å². The highest BCUT2D eigenvalue weighted by molar-refractivity contribution is 7.89. The number of likely N-dealkylation sites (N-methyl/N-ethyl adjacent to an activating group) is 1. The van der Waals surface area contributed by atoms with Crippen molar-refractivity contribution in [3.8, 4) is 0 Å². The summed E-state index contributed by atoms with van der Waals surface area (Å²) < 4.78 is 25.8. The lowest BCUT2D eigenvalue weighted by atomic mass is 9.97. The lowest BCUT2D eigenvalue weighted by Crippen LogP contribution is -2.46. The fraction of sp³-hybridized carbons (Fsp3) is 0.933. The number of sulfonamides is 1. The third-order valence-electron chi connectivity index (χ3n) is 4.11. The normalized spacial score (nSPS) is 19.0. The van der Waals surface area contributed by atoms with Gasteiger partial charge in [0.2, 0.25) is 15.9 Å². The van der Waals surface area contributed by atoms with E-state index in [1.165, 1.54) is 0 Å². The third kappa shape index (κ3) is 6.22. The molecule has 1 heterocycles. The summed E-state index contributed by atoms with van der Waals surface area (Å²) in [7, 11) is -3.14. The van der Waals surface area contributed by atoms with Crippen LogP contribution in [0, 0.1) is 5.92 Å². The van der Waals surface area contributed by atoms with E-state index >= 15 is 0 Å². The van der Waals surface area contributed by atoms with Crippen molar-refractivity contribution in [1.82, 2.24) is 14.9 Å². The van der Waals surface area contributed by atoms with Crippen LogP contribution in [0.4, 0.5) is 0 Å². The molecule has 1 amide bonds. The Morgan fingerprint density at radius 3 is 2.45 bits per heavy atom. The van der Waals surface area contributed by atoms with E-state index in [-0.39, 0.29) is 23.6 Å². The molecule has 1 atom stereocenters. The van der Waals surface area contributed by atoms with Gasteiger partial charge in [0.25, 0.3) is 0 Å². The quantitative estimate of drug-likeness (QED) is 0.658. The molecule has 0 radical (unpaired) electrons. The second-order valence-corrected chi connectivity index (χ2v) is 8.14. The van der Waals surface area contributed by atoms with Gasteiger partial charge in [-0.25, -0.2) is 12.7 Å². The smallest absolute Gasteiger partial charge is 0.223 e. The van der Waals surface area contributed by atoms with Gasteiger partial charge >= 0.3 is 0 Å². The second-order valence-electron chi connectivity index (χ2n) is 6.05. The maximum atomic E-state index is 12.1. The van der Waals surface area contributed by atoms with Crippen molar-refractivity contribution in [2.24, 2.45) is 5.92 Å². The van der Waals surface area contributed by atoms with E-state index in [0.717, 1.165) is 13.0 Å². The van der Waals surface area contributed by atoms with Gasteiger partial charge in [0.1, 0.15) is 0 Å². The molecule has 1 rings (SSSR count). The molecule has 2 N–H and O–H groups in total. The first-order valence-corrected chi connectivity index (χ1v) is 10.0. The van der Waals surface area contributed by atoms with Gasteiger partial charge in [0.15, 0.2) is 0 Å². The minimum Gasteiger partial charge on any atom is -0.354 e. The van der Waals surface area contributed by atoms with Gasteiger partial charge in [-0.1, -0.05) is 20.3 Å². The van der Waals surface area contributed by atoms with Crippen LogP contribution in [0.25, 0.3) is 0 Å². The number of hydrogen-bond donors (Lipinski definition) is 2. The summed E-state index contributed by atoms with van der Waals surface area (Å²) in [6, 6.07) is 0.253. The minimum atomic E-state index is -3.14. The number of unbranched alkanes of at least 4 members (excludes halogenated alkanes) is 1. The van der Waals surface area contributed by atoms with Crippen LogP contribution in [0.15, 0.2) is 0 Å². The van der Waals surface area contributed by atoms with Crippen LogP contribution < -0.4 is 10.6 Å².